The van der Waals surface area contributed by atoms with Gasteiger partial charge >= 0.3 is 0 Å². The standard InChI is InChI=1S/C17H16N2O/c1-19(2)16-10-6-3-7-12(16)11-14-13-8-4-5-9-15(13)18-17(14)20/h3-11H,1-2H3,(H,18,20). The lowest BCUT2D eigenvalue weighted by Crippen LogP contribution is -2.10. The normalized spacial score (nSPS) is 15.1. The highest BCUT2D eigenvalue weighted by atomic mass is 16.2. The van der Waals surface area contributed by atoms with Gasteiger partial charge in [-0.15, -0.1) is 0 Å². The number of benzene rings is 2. The van der Waals surface area contributed by atoms with E-state index in [1.807, 2.05) is 73.6 Å². The van der Waals surface area contributed by atoms with Crippen LogP contribution >= 0.6 is 0 Å². The van der Waals surface area contributed by atoms with Crippen LogP contribution in [0.2, 0.25) is 0 Å². The van der Waals surface area contributed by atoms with E-state index in [2.05, 4.69) is 5.32 Å². The van der Waals surface area contributed by atoms with Gasteiger partial charge in [-0.1, -0.05) is 36.4 Å². The van der Waals surface area contributed by atoms with Crippen LogP contribution in [0.15, 0.2) is 48.5 Å². The molecule has 0 atom stereocenters. The number of carbonyl (C=O) groups is 1. The highest BCUT2D eigenvalue weighted by Gasteiger charge is 2.23. The molecule has 1 N–H and O–H groups in total. The van der Waals surface area contributed by atoms with Crippen molar-refractivity contribution < 1.29 is 4.79 Å². The molecule has 0 saturated carbocycles. The van der Waals surface area contributed by atoms with Crippen molar-refractivity contribution in [3.05, 3.63) is 59.7 Å². The van der Waals surface area contributed by atoms with E-state index in [1.54, 1.807) is 0 Å². The highest BCUT2D eigenvalue weighted by Crippen LogP contribution is 2.34. The Labute approximate surface area is 118 Å². The van der Waals surface area contributed by atoms with E-state index in [1.165, 1.54) is 0 Å². The van der Waals surface area contributed by atoms with Crippen LogP contribution < -0.4 is 10.2 Å². The zero-order valence-electron chi connectivity index (χ0n) is 11.6. The Bertz CT molecular complexity index is 702. The Kier molecular flexibility index (Phi) is 3.03. The molecule has 2 aromatic carbocycles. The van der Waals surface area contributed by atoms with Gasteiger partial charge < -0.3 is 10.2 Å². The van der Waals surface area contributed by atoms with Crippen molar-refractivity contribution in [3.8, 4) is 0 Å². The monoisotopic (exact) mass is 264 g/mol. The summed E-state index contributed by atoms with van der Waals surface area (Å²) in [5.74, 6) is -0.0419. The Morgan fingerprint density at radius 3 is 2.50 bits per heavy atom. The third-order valence-electron chi connectivity index (χ3n) is 3.43. The topological polar surface area (TPSA) is 32.3 Å². The summed E-state index contributed by atoms with van der Waals surface area (Å²) in [6, 6.07) is 15.8. The third-order valence-corrected chi connectivity index (χ3v) is 3.43. The second-order valence-corrected chi connectivity index (χ2v) is 5.01. The first-order valence-electron chi connectivity index (χ1n) is 6.55. The molecule has 0 fully saturated rings. The van der Waals surface area contributed by atoms with Crippen molar-refractivity contribution in [1.29, 1.82) is 0 Å². The molecule has 0 aromatic heterocycles. The predicted molar refractivity (Wildman–Crippen MR) is 83.7 cm³/mol. The van der Waals surface area contributed by atoms with E-state index in [0.717, 1.165) is 28.1 Å². The van der Waals surface area contributed by atoms with Gasteiger partial charge in [-0.3, -0.25) is 4.79 Å². The van der Waals surface area contributed by atoms with Gasteiger partial charge in [0.2, 0.25) is 0 Å². The molecule has 1 amide bonds. The van der Waals surface area contributed by atoms with Crippen molar-refractivity contribution >= 4 is 28.9 Å². The molecule has 3 rings (SSSR count). The molecule has 3 heteroatoms. The number of nitrogens with one attached hydrogen (secondary N) is 1. The van der Waals surface area contributed by atoms with Crippen molar-refractivity contribution in [2.24, 2.45) is 0 Å². The average Bonchev–Trinajstić information content (AvgIpc) is 2.76. The number of rotatable bonds is 2. The number of para-hydroxylation sites is 2. The van der Waals surface area contributed by atoms with Crippen molar-refractivity contribution in [3.63, 3.8) is 0 Å². The van der Waals surface area contributed by atoms with E-state index in [-0.39, 0.29) is 5.91 Å². The van der Waals surface area contributed by atoms with Crippen LogP contribution in [0, 0.1) is 0 Å². The molecule has 0 unspecified atom stereocenters. The van der Waals surface area contributed by atoms with E-state index < -0.39 is 0 Å². The van der Waals surface area contributed by atoms with E-state index in [9.17, 15) is 4.79 Å². The van der Waals surface area contributed by atoms with Crippen molar-refractivity contribution in [2.45, 2.75) is 0 Å². The van der Waals surface area contributed by atoms with Crippen molar-refractivity contribution in [1.82, 2.24) is 0 Å². The quantitative estimate of drug-likeness (QED) is 0.844. The van der Waals surface area contributed by atoms with Gasteiger partial charge in [0.15, 0.2) is 0 Å². The second-order valence-electron chi connectivity index (χ2n) is 5.01. The molecule has 20 heavy (non-hydrogen) atoms. The summed E-state index contributed by atoms with van der Waals surface area (Å²) in [5, 5.41) is 2.90. The Morgan fingerprint density at radius 1 is 1.00 bits per heavy atom. The van der Waals surface area contributed by atoms with Crippen LogP contribution in [-0.4, -0.2) is 20.0 Å². The number of carbonyl (C=O) groups excluding carboxylic acids is 1. The second kappa shape index (κ2) is 4.85. The van der Waals surface area contributed by atoms with Crippen LogP contribution in [0.1, 0.15) is 11.1 Å². The zero-order valence-corrected chi connectivity index (χ0v) is 11.6. The van der Waals surface area contributed by atoms with Crippen LogP contribution in [0.4, 0.5) is 11.4 Å². The van der Waals surface area contributed by atoms with Gasteiger partial charge in [0, 0.05) is 36.6 Å². The maximum atomic E-state index is 12.1. The summed E-state index contributed by atoms with van der Waals surface area (Å²) in [6.07, 6.45) is 1.95. The summed E-state index contributed by atoms with van der Waals surface area (Å²) in [4.78, 5) is 14.2. The van der Waals surface area contributed by atoms with E-state index in [4.69, 9.17) is 0 Å². The highest BCUT2D eigenvalue weighted by molar-refractivity contribution is 6.35. The molecule has 0 radical (unpaired) electrons. The summed E-state index contributed by atoms with van der Waals surface area (Å²) >= 11 is 0. The number of hydrogen-bond donors (Lipinski definition) is 1. The average molecular weight is 264 g/mol. The minimum Gasteiger partial charge on any atom is -0.377 e. The maximum absolute atomic E-state index is 12.1. The fourth-order valence-corrected chi connectivity index (χ4v) is 2.45. The Morgan fingerprint density at radius 2 is 1.70 bits per heavy atom. The van der Waals surface area contributed by atoms with Crippen LogP contribution in [0.3, 0.4) is 0 Å². The van der Waals surface area contributed by atoms with Gasteiger partial charge in [-0.05, 0) is 23.8 Å². The summed E-state index contributed by atoms with van der Waals surface area (Å²) in [5.41, 5.74) is 4.70. The number of fused-ring (bicyclic) bond motifs is 1. The molecule has 1 heterocycles. The van der Waals surface area contributed by atoms with Gasteiger partial charge in [0.1, 0.15) is 0 Å². The molecule has 2 aromatic rings. The smallest absolute Gasteiger partial charge is 0.256 e. The Hall–Kier alpha value is -2.55. The lowest BCUT2D eigenvalue weighted by atomic mass is 10.0. The molecule has 3 nitrogen and oxygen atoms in total. The molecule has 0 saturated heterocycles. The number of anilines is 2. The van der Waals surface area contributed by atoms with Crippen LogP contribution in [0.5, 0.6) is 0 Å². The first-order valence-corrected chi connectivity index (χ1v) is 6.55. The number of hydrogen-bond acceptors (Lipinski definition) is 2. The minimum absolute atomic E-state index is 0.0419. The predicted octanol–water partition coefficient (Wildman–Crippen LogP) is 3.25. The van der Waals surface area contributed by atoms with Gasteiger partial charge in [-0.25, -0.2) is 0 Å². The van der Waals surface area contributed by atoms with Crippen LogP contribution in [0.25, 0.3) is 11.6 Å². The van der Waals surface area contributed by atoms with Crippen molar-refractivity contribution in [2.75, 3.05) is 24.3 Å². The van der Waals surface area contributed by atoms with E-state index >= 15 is 0 Å². The molecule has 1 aliphatic heterocycles. The lowest BCUT2D eigenvalue weighted by molar-refractivity contribution is -0.110. The van der Waals surface area contributed by atoms with E-state index in [0.29, 0.717) is 0 Å². The van der Waals surface area contributed by atoms with Crippen LogP contribution in [-0.2, 0) is 4.79 Å². The number of amides is 1. The molecular formula is C17H16N2O. The lowest BCUT2D eigenvalue weighted by Gasteiger charge is -2.15. The zero-order chi connectivity index (χ0) is 14.1. The number of nitrogens with zero attached hydrogens (tertiary/aromatic N) is 1. The molecule has 0 aliphatic carbocycles. The molecule has 1 aliphatic rings. The Balaban J connectivity index is 2.12. The minimum atomic E-state index is -0.0419. The van der Waals surface area contributed by atoms with Gasteiger partial charge in [-0.2, -0.15) is 0 Å². The maximum Gasteiger partial charge on any atom is 0.256 e. The fourth-order valence-electron chi connectivity index (χ4n) is 2.45. The molecule has 0 bridgehead atoms. The van der Waals surface area contributed by atoms with Gasteiger partial charge in [0.05, 0.1) is 0 Å². The molecule has 100 valence electrons. The SMILES string of the molecule is CN(C)c1ccccc1C=C1C(=O)Nc2ccccc21. The third kappa shape index (κ3) is 2.07. The first kappa shape index (κ1) is 12.5. The van der Waals surface area contributed by atoms with Gasteiger partial charge in [0.25, 0.3) is 5.91 Å². The fraction of sp³-hybridized carbons (Fsp3) is 0.118. The first-order chi connectivity index (χ1) is 9.66. The summed E-state index contributed by atoms with van der Waals surface area (Å²) in [6.45, 7) is 0. The largest absolute Gasteiger partial charge is 0.377 e. The summed E-state index contributed by atoms with van der Waals surface area (Å²) in [7, 11) is 4.00. The molecule has 0 spiro atoms. The summed E-state index contributed by atoms with van der Waals surface area (Å²) < 4.78 is 0. The molecular weight excluding hydrogens is 248 g/mol.